The van der Waals surface area contributed by atoms with Crippen molar-refractivity contribution in [3.63, 3.8) is 0 Å². The first-order chi connectivity index (χ1) is 9.96. The van der Waals surface area contributed by atoms with Gasteiger partial charge in [-0.15, -0.1) is 0 Å². The Morgan fingerprint density at radius 2 is 2.05 bits per heavy atom. The van der Waals surface area contributed by atoms with Crippen LogP contribution in [0.2, 0.25) is 0 Å². The molecule has 1 heterocycles. The van der Waals surface area contributed by atoms with Gasteiger partial charge in [0, 0.05) is 25.7 Å². The molecule has 2 fully saturated rings. The summed E-state index contributed by atoms with van der Waals surface area (Å²) in [6, 6.07) is 0.526. The fourth-order valence-corrected chi connectivity index (χ4v) is 2.50. The van der Waals surface area contributed by atoms with Gasteiger partial charge in [0.25, 0.3) is 0 Å². The molecule has 1 aliphatic carbocycles. The fourth-order valence-electron chi connectivity index (χ4n) is 2.50. The first kappa shape index (κ1) is 16.4. The summed E-state index contributed by atoms with van der Waals surface area (Å²) in [6.45, 7) is 3.77. The quantitative estimate of drug-likeness (QED) is 0.582. The van der Waals surface area contributed by atoms with E-state index in [1.807, 2.05) is 0 Å². The van der Waals surface area contributed by atoms with E-state index < -0.39 is 12.7 Å². The Bertz CT molecular complexity index is 353. The Morgan fingerprint density at radius 3 is 2.67 bits per heavy atom. The maximum Gasteiger partial charge on any atom is 0.401 e. The number of hydrogen-bond acceptors (Lipinski definition) is 2. The summed E-state index contributed by atoms with van der Waals surface area (Å²) in [7, 11) is 0. The monoisotopic (exact) mass is 306 g/mol. The summed E-state index contributed by atoms with van der Waals surface area (Å²) < 4.78 is 37.0. The van der Waals surface area contributed by atoms with Gasteiger partial charge in [0.15, 0.2) is 5.96 Å². The van der Waals surface area contributed by atoms with E-state index in [-0.39, 0.29) is 5.92 Å². The summed E-state index contributed by atoms with van der Waals surface area (Å²) in [5.41, 5.74) is 0. The van der Waals surface area contributed by atoms with Crippen molar-refractivity contribution in [1.29, 1.82) is 0 Å². The van der Waals surface area contributed by atoms with Gasteiger partial charge in [0.05, 0.1) is 6.54 Å². The summed E-state index contributed by atoms with van der Waals surface area (Å²) in [5.74, 6) is 1.04. The van der Waals surface area contributed by atoms with Crippen LogP contribution in [0.1, 0.15) is 32.6 Å². The molecule has 122 valence electrons. The minimum absolute atomic E-state index is 0.228. The topological polar surface area (TPSA) is 39.7 Å². The second-order valence-electron chi connectivity index (χ2n) is 6.04. The van der Waals surface area contributed by atoms with Crippen LogP contribution in [0, 0.1) is 5.92 Å². The smallest absolute Gasteiger partial charge is 0.356 e. The van der Waals surface area contributed by atoms with Crippen LogP contribution in [0.5, 0.6) is 0 Å². The first-order valence-corrected chi connectivity index (χ1v) is 7.80. The number of aliphatic imine (C=N–C) groups is 1. The summed E-state index contributed by atoms with van der Waals surface area (Å²) >= 11 is 0. The lowest BCUT2D eigenvalue weighted by Gasteiger charge is -2.17. The fraction of sp³-hybridized carbons (Fsp3) is 0.929. The number of nitrogens with zero attached hydrogens (tertiary/aromatic N) is 2. The van der Waals surface area contributed by atoms with Gasteiger partial charge in [0.2, 0.25) is 0 Å². The molecule has 1 saturated heterocycles. The van der Waals surface area contributed by atoms with Crippen molar-refractivity contribution < 1.29 is 13.2 Å². The molecular weight excluding hydrogens is 281 g/mol. The maximum absolute atomic E-state index is 12.3. The number of halogens is 3. The largest absolute Gasteiger partial charge is 0.401 e. The molecule has 0 aromatic carbocycles. The van der Waals surface area contributed by atoms with Crippen LogP contribution in [0.3, 0.4) is 0 Å². The van der Waals surface area contributed by atoms with Crippen molar-refractivity contribution in [2.75, 3.05) is 32.7 Å². The Morgan fingerprint density at radius 1 is 1.29 bits per heavy atom. The predicted molar refractivity (Wildman–Crippen MR) is 77.4 cm³/mol. The maximum atomic E-state index is 12.3. The second-order valence-corrected chi connectivity index (χ2v) is 6.04. The SMILES string of the molecule is CCCNC(=NCC1CCN(CC(F)(F)F)C1)NC1CC1. The van der Waals surface area contributed by atoms with Crippen molar-refractivity contribution in [2.24, 2.45) is 10.9 Å². The molecule has 2 N–H and O–H groups in total. The van der Waals surface area contributed by atoms with E-state index in [4.69, 9.17) is 0 Å². The van der Waals surface area contributed by atoms with Crippen LogP contribution < -0.4 is 10.6 Å². The van der Waals surface area contributed by atoms with Gasteiger partial charge in [-0.1, -0.05) is 6.92 Å². The van der Waals surface area contributed by atoms with E-state index in [2.05, 4.69) is 22.5 Å². The molecule has 2 rings (SSSR count). The predicted octanol–water partition coefficient (Wildman–Crippen LogP) is 1.98. The average Bonchev–Trinajstić information content (AvgIpc) is 3.10. The standard InChI is InChI=1S/C14H25F3N4/c1-2-6-18-13(20-12-3-4-12)19-8-11-5-7-21(9-11)10-14(15,16)17/h11-12H,2-10H2,1H3,(H2,18,19,20). The van der Waals surface area contributed by atoms with Gasteiger partial charge < -0.3 is 10.6 Å². The van der Waals surface area contributed by atoms with Gasteiger partial charge in [0.1, 0.15) is 0 Å². The summed E-state index contributed by atoms with van der Waals surface area (Å²) in [6.07, 6.45) is 0.0724. The van der Waals surface area contributed by atoms with E-state index in [9.17, 15) is 13.2 Å². The Hall–Kier alpha value is -0.980. The van der Waals surface area contributed by atoms with Crippen molar-refractivity contribution in [2.45, 2.75) is 44.8 Å². The lowest BCUT2D eigenvalue weighted by atomic mass is 10.1. The third-order valence-electron chi connectivity index (χ3n) is 3.74. The normalized spacial score (nSPS) is 24.4. The number of hydrogen-bond donors (Lipinski definition) is 2. The molecule has 0 aromatic rings. The molecule has 1 unspecified atom stereocenters. The molecule has 1 saturated carbocycles. The molecule has 0 amide bonds. The second kappa shape index (κ2) is 7.33. The van der Waals surface area contributed by atoms with Gasteiger partial charge in [-0.25, -0.2) is 0 Å². The minimum Gasteiger partial charge on any atom is -0.356 e. The van der Waals surface area contributed by atoms with E-state index in [1.165, 1.54) is 17.7 Å². The molecule has 0 spiro atoms. The lowest BCUT2D eigenvalue weighted by molar-refractivity contribution is -0.143. The van der Waals surface area contributed by atoms with Crippen molar-refractivity contribution in [3.8, 4) is 0 Å². The molecule has 21 heavy (non-hydrogen) atoms. The third-order valence-corrected chi connectivity index (χ3v) is 3.74. The van der Waals surface area contributed by atoms with Gasteiger partial charge in [-0.3, -0.25) is 9.89 Å². The van der Waals surface area contributed by atoms with Crippen LogP contribution in [0.25, 0.3) is 0 Å². The summed E-state index contributed by atoms with van der Waals surface area (Å²) in [5, 5.41) is 6.60. The van der Waals surface area contributed by atoms with Crippen LogP contribution in [0.4, 0.5) is 13.2 Å². The number of alkyl halides is 3. The molecular formula is C14H25F3N4. The first-order valence-electron chi connectivity index (χ1n) is 7.80. The molecule has 0 radical (unpaired) electrons. The molecule has 4 nitrogen and oxygen atoms in total. The number of likely N-dealkylation sites (tertiary alicyclic amines) is 1. The molecule has 1 aliphatic heterocycles. The Kier molecular flexibility index (Phi) is 5.72. The molecule has 7 heteroatoms. The van der Waals surface area contributed by atoms with Crippen molar-refractivity contribution in [3.05, 3.63) is 0 Å². The van der Waals surface area contributed by atoms with Crippen LogP contribution in [-0.4, -0.2) is 55.8 Å². The van der Waals surface area contributed by atoms with E-state index in [1.54, 1.807) is 0 Å². The molecule has 0 aromatic heterocycles. The molecule has 1 atom stereocenters. The van der Waals surface area contributed by atoms with Crippen LogP contribution >= 0.6 is 0 Å². The lowest BCUT2D eigenvalue weighted by Crippen LogP contribution is -2.39. The highest BCUT2D eigenvalue weighted by Gasteiger charge is 2.34. The zero-order valence-corrected chi connectivity index (χ0v) is 12.5. The van der Waals surface area contributed by atoms with Gasteiger partial charge in [-0.2, -0.15) is 13.2 Å². The average molecular weight is 306 g/mol. The summed E-state index contributed by atoms with van der Waals surface area (Å²) in [4.78, 5) is 6.02. The number of guanidine groups is 1. The zero-order valence-electron chi connectivity index (χ0n) is 12.5. The number of nitrogens with one attached hydrogen (secondary N) is 2. The van der Waals surface area contributed by atoms with Gasteiger partial charge in [-0.05, 0) is 38.1 Å². The Balaban J connectivity index is 1.75. The van der Waals surface area contributed by atoms with E-state index in [0.29, 0.717) is 25.7 Å². The highest BCUT2D eigenvalue weighted by atomic mass is 19.4. The van der Waals surface area contributed by atoms with Crippen LogP contribution in [0.15, 0.2) is 4.99 Å². The van der Waals surface area contributed by atoms with E-state index >= 15 is 0 Å². The highest BCUT2D eigenvalue weighted by Crippen LogP contribution is 2.23. The van der Waals surface area contributed by atoms with E-state index in [0.717, 1.165) is 25.3 Å². The van der Waals surface area contributed by atoms with Gasteiger partial charge >= 0.3 is 6.18 Å². The number of rotatable bonds is 6. The molecule has 2 aliphatic rings. The zero-order chi connectivity index (χ0) is 15.3. The molecule has 0 bridgehead atoms. The van der Waals surface area contributed by atoms with Crippen molar-refractivity contribution in [1.82, 2.24) is 15.5 Å². The van der Waals surface area contributed by atoms with Crippen LogP contribution in [-0.2, 0) is 0 Å². The Labute approximate surface area is 124 Å². The minimum atomic E-state index is -4.10. The highest BCUT2D eigenvalue weighted by molar-refractivity contribution is 5.80. The van der Waals surface area contributed by atoms with Crippen molar-refractivity contribution >= 4 is 5.96 Å². The third kappa shape index (κ3) is 6.54.